The van der Waals surface area contributed by atoms with Crippen molar-refractivity contribution >= 4 is 0 Å². The van der Waals surface area contributed by atoms with Crippen molar-refractivity contribution in [3.63, 3.8) is 0 Å². The Balaban J connectivity index is 2.34. The number of aryl methyl sites for hydroxylation is 1. The van der Waals surface area contributed by atoms with Gasteiger partial charge in [0.1, 0.15) is 11.6 Å². The number of hydrogen-bond acceptors (Lipinski definition) is 2. The van der Waals surface area contributed by atoms with Crippen molar-refractivity contribution < 1.29 is 8.78 Å². The van der Waals surface area contributed by atoms with Crippen LogP contribution in [0.25, 0.3) is 0 Å². The summed E-state index contributed by atoms with van der Waals surface area (Å²) in [4.78, 5) is 0. The molecule has 0 aromatic heterocycles. The predicted octanol–water partition coefficient (Wildman–Crippen LogP) is 2.36. The molecule has 96 valence electrons. The Morgan fingerprint density at radius 2 is 1.71 bits per heavy atom. The molecule has 0 fully saturated rings. The standard InChI is InChI=1S/C13H20F2N2/c1-3-4-16-5-6-17-9-11-7-10(2)12(14)8-13(11)15/h7-8,16-17H,3-6,9H2,1-2H3. The van der Waals surface area contributed by atoms with Crippen LogP contribution in [0.5, 0.6) is 0 Å². The highest BCUT2D eigenvalue weighted by molar-refractivity contribution is 5.25. The normalized spacial score (nSPS) is 10.8. The maximum absolute atomic E-state index is 13.4. The van der Waals surface area contributed by atoms with Gasteiger partial charge in [0.2, 0.25) is 0 Å². The number of nitrogens with one attached hydrogen (secondary N) is 2. The molecular weight excluding hydrogens is 222 g/mol. The molecule has 0 saturated heterocycles. The van der Waals surface area contributed by atoms with Gasteiger partial charge in [0.15, 0.2) is 0 Å². The first kappa shape index (κ1) is 14.1. The second kappa shape index (κ2) is 7.35. The van der Waals surface area contributed by atoms with E-state index in [9.17, 15) is 8.78 Å². The summed E-state index contributed by atoms with van der Waals surface area (Å²) in [5.41, 5.74) is 0.992. The van der Waals surface area contributed by atoms with Crippen LogP contribution in [-0.4, -0.2) is 19.6 Å². The molecule has 0 saturated carbocycles. The van der Waals surface area contributed by atoms with Crippen LogP contribution in [0.1, 0.15) is 24.5 Å². The van der Waals surface area contributed by atoms with Crippen molar-refractivity contribution in [1.82, 2.24) is 10.6 Å². The third-order valence-electron chi connectivity index (χ3n) is 2.55. The average molecular weight is 242 g/mol. The zero-order valence-corrected chi connectivity index (χ0v) is 10.4. The molecule has 0 heterocycles. The molecule has 0 atom stereocenters. The molecule has 1 aromatic rings. The van der Waals surface area contributed by atoms with Gasteiger partial charge in [0, 0.05) is 31.3 Å². The van der Waals surface area contributed by atoms with Gasteiger partial charge in [-0.3, -0.25) is 0 Å². The van der Waals surface area contributed by atoms with Crippen LogP contribution in [0.3, 0.4) is 0 Å². The molecule has 0 amide bonds. The van der Waals surface area contributed by atoms with Crippen LogP contribution in [0.2, 0.25) is 0 Å². The lowest BCUT2D eigenvalue weighted by Gasteiger charge is -2.08. The fraction of sp³-hybridized carbons (Fsp3) is 0.538. The monoisotopic (exact) mass is 242 g/mol. The highest BCUT2D eigenvalue weighted by atomic mass is 19.1. The number of benzene rings is 1. The molecular formula is C13H20F2N2. The summed E-state index contributed by atoms with van der Waals surface area (Å²) in [5.74, 6) is -0.974. The van der Waals surface area contributed by atoms with Crippen molar-refractivity contribution in [2.45, 2.75) is 26.8 Å². The largest absolute Gasteiger partial charge is 0.315 e. The van der Waals surface area contributed by atoms with Gasteiger partial charge in [-0.15, -0.1) is 0 Å². The van der Waals surface area contributed by atoms with Crippen LogP contribution in [0.4, 0.5) is 8.78 Å². The maximum Gasteiger partial charge on any atom is 0.130 e. The third-order valence-corrected chi connectivity index (χ3v) is 2.55. The predicted molar refractivity (Wildman–Crippen MR) is 66.0 cm³/mol. The topological polar surface area (TPSA) is 24.1 Å². The zero-order valence-electron chi connectivity index (χ0n) is 10.4. The first-order valence-electron chi connectivity index (χ1n) is 6.01. The van der Waals surface area contributed by atoms with E-state index in [2.05, 4.69) is 17.6 Å². The summed E-state index contributed by atoms with van der Waals surface area (Å²) in [6.07, 6.45) is 1.10. The molecule has 2 N–H and O–H groups in total. The second-order valence-corrected chi connectivity index (χ2v) is 4.12. The molecule has 0 radical (unpaired) electrons. The van der Waals surface area contributed by atoms with E-state index in [-0.39, 0.29) is 0 Å². The molecule has 1 rings (SSSR count). The van der Waals surface area contributed by atoms with Crippen LogP contribution >= 0.6 is 0 Å². The minimum atomic E-state index is -0.490. The van der Waals surface area contributed by atoms with E-state index >= 15 is 0 Å². The maximum atomic E-state index is 13.4. The molecule has 0 aliphatic rings. The van der Waals surface area contributed by atoms with Gasteiger partial charge in [-0.05, 0) is 31.5 Å². The first-order valence-corrected chi connectivity index (χ1v) is 6.01. The number of hydrogen-bond donors (Lipinski definition) is 2. The van der Waals surface area contributed by atoms with E-state index in [0.29, 0.717) is 17.7 Å². The number of halogens is 2. The zero-order chi connectivity index (χ0) is 12.7. The van der Waals surface area contributed by atoms with Crippen molar-refractivity contribution in [2.24, 2.45) is 0 Å². The average Bonchev–Trinajstić information content (AvgIpc) is 2.30. The molecule has 0 unspecified atom stereocenters. The van der Waals surface area contributed by atoms with Gasteiger partial charge >= 0.3 is 0 Å². The highest BCUT2D eigenvalue weighted by Crippen LogP contribution is 2.13. The SMILES string of the molecule is CCCNCCNCc1cc(C)c(F)cc1F. The van der Waals surface area contributed by atoms with E-state index in [1.165, 1.54) is 0 Å². The minimum absolute atomic E-state index is 0.431. The van der Waals surface area contributed by atoms with Crippen LogP contribution in [0, 0.1) is 18.6 Å². The second-order valence-electron chi connectivity index (χ2n) is 4.12. The van der Waals surface area contributed by atoms with Gasteiger partial charge in [0.05, 0.1) is 0 Å². The third kappa shape index (κ3) is 4.79. The fourth-order valence-electron chi connectivity index (χ4n) is 1.55. The Morgan fingerprint density at radius 3 is 2.41 bits per heavy atom. The molecule has 17 heavy (non-hydrogen) atoms. The number of rotatable bonds is 7. The Kier molecular flexibility index (Phi) is 6.08. The van der Waals surface area contributed by atoms with E-state index in [4.69, 9.17) is 0 Å². The van der Waals surface area contributed by atoms with Crippen molar-refractivity contribution in [2.75, 3.05) is 19.6 Å². The lowest BCUT2D eigenvalue weighted by Crippen LogP contribution is -2.27. The first-order chi connectivity index (χ1) is 8.15. The van der Waals surface area contributed by atoms with Crippen molar-refractivity contribution in [1.29, 1.82) is 0 Å². The van der Waals surface area contributed by atoms with Gasteiger partial charge < -0.3 is 10.6 Å². The van der Waals surface area contributed by atoms with Crippen molar-refractivity contribution in [3.05, 3.63) is 34.9 Å². The minimum Gasteiger partial charge on any atom is -0.315 e. The smallest absolute Gasteiger partial charge is 0.130 e. The summed E-state index contributed by atoms with van der Waals surface area (Å²) >= 11 is 0. The van der Waals surface area contributed by atoms with Crippen LogP contribution in [-0.2, 0) is 6.54 Å². The molecule has 2 nitrogen and oxygen atoms in total. The van der Waals surface area contributed by atoms with Gasteiger partial charge in [-0.2, -0.15) is 0 Å². The molecule has 0 aliphatic heterocycles. The van der Waals surface area contributed by atoms with E-state index in [1.54, 1.807) is 13.0 Å². The molecule has 4 heteroatoms. The summed E-state index contributed by atoms with van der Waals surface area (Å²) < 4.78 is 26.4. The van der Waals surface area contributed by atoms with E-state index in [1.807, 2.05) is 0 Å². The summed E-state index contributed by atoms with van der Waals surface area (Å²) in [6, 6.07) is 2.50. The van der Waals surface area contributed by atoms with Gasteiger partial charge in [-0.25, -0.2) is 8.78 Å². The lowest BCUT2D eigenvalue weighted by atomic mass is 10.1. The molecule has 0 bridgehead atoms. The summed E-state index contributed by atoms with van der Waals surface area (Å²) in [7, 11) is 0. The summed E-state index contributed by atoms with van der Waals surface area (Å²) in [6.45, 7) is 6.80. The molecule has 0 aliphatic carbocycles. The Labute approximate surface area is 101 Å². The fourth-order valence-corrected chi connectivity index (χ4v) is 1.55. The van der Waals surface area contributed by atoms with Gasteiger partial charge in [-0.1, -0.05) is 6.92 Å². The molecule has 1 aromatic carbocycles. The summed E-state index contributed by atoms with van der Waals surface area (Å²) in [5, 5.41) is 6.36. The highest BCUT2D eigenvalue weighted by Gasteiger charge is 2.06. The Hall–Kier alpha value is -1.00. The van der Waals surface area contributed by atoms with Crippen LogP contribution < -0.4 is 10.6 Å². The van der Waals surface area contributed by atoms with Crippen LogP contribution in [0.15, 0.2) is 12.1 Å². The lowest BCUT2D eigenvalue weighted by molar-refractivity contribution is 0.550. The van der Waals surface area contributed by atoms with Gasteiger partial charge in [0.25, 0.3) is 0 Å². The van der Waals surface area contributed by atoms with E-state index < -0.39 is 11.6 Å². The Bertz CT molecular complexity index is 354. The van der Waals surface area contributed by atoms with Crippen molar-refractivity contribution in [3.8, 4) is 0 Å². The Morgan fingerprint density at radius 1 is 1.00 bits per heavy atom. The quantitative estimate of drug-likeness (QED) is 0.717. The molecule has 0 spiro atoms. The van der Waals surface area contributed by atoms with E-state index in [0.717, 1.165) is 32.1 Å².